The smallest absolute Gasteiger partial charge is 0.188 e. The Balaban J connectivity index is 1.72. The summed E-state index contributed by atoms with van der Waals surface area (Å²) in [7, 11) is 0. The van der Waals surface area contributed by atoms with Gasteiger partial charge in [-0.05, 0) is 50.1 Å². The highest BCUT2D eigenvalue weighted by Gasteiger charge is 2.22. The summed E-state index contributed by atoms with van der Waals surface area (Å²) in [6.45, 7) is 6.93. The molecule has 132 valence electrons. The molecule has 1 heterocycles. The van der Waals surface area contributed by atoms with Gasteiger partial charge in [0.25, 0.3) is 0 Å². The third-order valence-electron chi connectivity index (χ3n) is 4.40. The molecule has 0 saturated heterocycles. The first kappa shape index (κ1) is 18.3. The topological polar surface area (TPSA) is 20.3 Å². The number of allylic oxidation sites excluding steroid dienone is 5. The van der Waals surface area contributed by atoms with Gasteiger partial charge in [0.05, 0.1) is 10.7 Å². The van der Waals surface area contributed by atoms with Gasteiger partial charge < -0.3 is 4.90 Å². The normalized spacial score (nSPS) is 15.7. The van der Waals surface area contributed by atoms with Gasteiger partial charge in [0.1, 0.15) is 0 Å². The molecule has 3 heteroatoms. The van der Waals surface area contributed by atoms with E-state index < -0.39 is 0 Å². The summed E-state index contributed by atoms with van der Waals surface area (Å²) in [6.07, 6.45) is 7.94. The number of Topliss-reactive ketones (excluding diaryl/α,β-unsaturated/α-hetero) is 1. The van der Waals surface area contributed by atoms with Crippen molar-refractivity contribution >= 4 is 23.2 Å². The molecule has 0 bridgehead atoms. The molecule has 0 saturated carbocycles. The monoisotopic (exact) mass is 361 g/mol. The summed E-state index contributed by atoms with van der Waals surface area (Å²) in [5.74, 6) is 0.0817. The van der Waals surface area contributed by atoms with Crippen LogP contribution in [0, 0.1) is 6.92 Å². The number of hydrogen-bond donors (Lipinski definition) is 0. The highest BCUT2D eigenvalue weighted by Crippen LogP contribution is 2.45. The van der Waals surface area contributed by atoms with Gasteiger partial charge in [-0.25, -0.2) is 0 Å². The first-order chi connectivity index (χ1) is 12.6. The number of anilines is 1. The van der Waals surface area contributed by atoms with Gasteiger partial charge in [0, 0.05) is 17.0 Å². The predicted molar refractivity (Wildman–Crippen MR) is 112 cm³/mol. The lowest BCUT2D eigenvalue weighted by Gasteiger charge is -2.17. The molecule has 0 fully saturated rings. The number of benzene rings is 2. The van der Waals surface area contributed by atoms with E-state index in [4.69, 9.17) is 0 Å². The van der Waals surface area contributed by atoms with Gasteiger partial charge >= 0.3 is 0 Å². The highest BCUT2D eigenvalue weighted by atomic mass is 32.2. The van der Waals surface area contributed by atoms with Crippen molar-refractivity contribution in [1.29, 1.82) is 0 Å². The first-order valence-electron chi connectivity index (χ1n) is 8.81. The molecule has 0 unspecified atom stereocenters. The third kappa shape index (κ3) is 3.83. The number of hydrogen-bond acceptors (Lipinski definition) is 3. The van der Waals surface area contributed by atoms with E-state index in [1.807, 2.05) is 56.3 Å². The Morgan fingerprint density at radius 2 is 1.81 bits per heavy atom. The summed E-state index contributed by atoms with van der Waals surface area (Å²) in [4.78, 5) is 16.1. The Bertz CT molecular complexity index is 908. The van der Waals surface area contributed by atoms with E-state index in [2.05, 4.69) is 42.2 Å². The average Bonchev–Trinajstić information content (AvgIpc) is 3.02. The molecule has 0 amide bonds. The predicted octanol–water partition coefficient (Wildman–Crippen LogP) is 6.15. The molecule has 0 N–H and O–H groups in total. The molecule has 2 nitrogen and oxygen atoms in total. The number of carbonyl (C=O) groups excluding carboxylic acids is 1. The second-order valence-electron chi connectivity index (χ2n) is 6.20. The zero-order chi connectivity index (χ0) is 18.5. The lowest BCUT2D eigenvalue weighted by atomic mass is 10.00. The maximum atomic E-state index is 12.5. The van der Waals surface area contributed by atoms with Gasteiger partial charge in [-0.15, -0.1) is 0 Å². The standard InChI is InChI=1S/C23H23NOS/c1-4-24-20-14-8-9-15-21(20)26-22(24)16-10-6-12-18(3)23(25)19-13-7-5-11-17(19)2/h5-16H,4H2,1-3H3/b10-6+,18-12+,22-16-. The van der Waals surface area contributed by atoms with E-state index in [0.717, 1.165) is 23.2 Å². The van der Waals surface area contributed by atoms with Crippen molar-refractivity contribution in [1.82, 2.24) is 0 Å². The molecule has 1 aliphatic rings. The number of rotatable bonds is 5. The first-order valence-corrected chi connectivity index (χ1v) is 9.63. The van der Waals surface area contributed by atoms with Gasteiger partial charge in [-0.1, -0.05) is 66.4 Å². The van der Waals surface area contributed by atoms with Crippen LogP contribution in [-0.2, 0) is 0 Å². The maximum absolute atomic E-state index is 12.5. The Hall–Kier alpha value is -2.52. The maximum Gasteiger partial charge on any atom is 0.188 e. The molecule has 3 rings (SSSR count). The van der Waals surface area contributed by atoms with Crippen LogP contribution in [0.2, 0.25) is 0 Å². The molecule has 0 aliphatic carbocycles. The van der Waals surface area contributed by atoms with Crippen LogP contribution in [-0.4, -0.2) is 12.3 Å². The fourth-order valence-corrected chi connectivity index (χ4v) is 4.10. The van der Waals surface area contributed by atoms with E-state index >= 15 is 0 Å². The van der Waals surface area contributed by atoms with E-state index in [0.29, 0.717) is 0 Å². The molecule has 0 radical (unpaired) electrons. The van der Waals surface area contributed by atoms with E-state index in [1.54, 1.807) is 11.8 Å². The SMILES string of the molecule is CCN1/C(=C/C=C/C=C(\C)C(=O)c2ccccc2C)Sc2ccccc21. The van der Waals surface area contributed by atoms with Crippen LogP contribution in [0.25, 0.3) is 0 Å². The van der Waals surface area contributed by atoms with Crippen molar-refractivity contribution in [2.45, 2.75) is 25.7 Å². The Morgan fingerprint density at radius 3 is 2.58 bits per heavy atom. The number of carbonyl (C=O) groups is 1. The zero-order valence-electron chi connectivity index (χ0n) is 15.4. The molecule has 2 aromatic carbocycles. The number of para-hydroxylation sites is 1. The lowest BCUT2D eigenvalue weighted by Crippen LogP contribution is -2.16. The fraction of sp³-hybridized carbons (Fsp3) is 0.174. The average molecular weight is 362 g/mol. The Kier molecular flexibility index (Phi) is 5.79. The van der Waals surface area contributed by atoms with Gasteiger partial charge in [-0.2, -0.15) is 0 Å². The molecule has 26 heavy (non-hydrogen) atoms. The van der Waals surface area contributed by atoms with Crippen LogP contribution >= 0.6 is 11.8 Å². The number of nitrogens with zero attached hydrogens (tertiary/aromatic N) is 1. The van der Waals surface area contributed by atoms with Crippen molar-refractivity contribution in [3.8, 4) is 0 Å². The van der Waals surface area contributed by atoms with Gasteiger partial charge in [-0.3, -0.25) is 4.79 Å². The van der Waals surface area contributed by atoms with Crippen LogP contribution in [0.1, 0.15) is 29.8 Å². The summed E-state index contributed by atoms with van der Waals surface area (Å²) in [5.41, 5.74) is 3.78. The Morgan fingerprint density at radius 1 is 1.08 bits per heavy atom. The van der Waals surface area contributed by atoms with Crippen molar-refractivity contribution in [3.05, 3.63) is 94.6 Å². The van der Waals surface area contributed by atoms with Crippen molar-refractivity contribution < 1.29 is 4.79 Å². The van der Waals surface area contributed by atoms with E-state index in [-0.39, 0.29) is 5.78 Å². The summed E-state index contributed by atoms with van der Waals surface area (Å²) in [5, 5.41) is 1.21. The number of aryl methyl sites for hydroxylation is 1. The molecular weight excluding hydrogens is 338 g/mol. The largest absolute Gasteiger partial charge is 0.335 e. The van der Waals surface area contributed by atoms with Gasteiger partial charge in [0.2, 0.25) is 0 Å². The molecular formula is C23H23NOS. The van der Waals surface area contributed by atoms with E-state index in [1.165, 1.54) is 15.6 Å². The van der Waals surface area contributed by atoms with Crippen LogP contribution < -0.4 is 4.90 Å². The van der Waals surface area contributed by atoms with Crippen molar-refractivity contribution in [3.63, 3.8) is 0 Å². The molecule has 0 spiro atoms. The molecule has 2 aromatic rings. The van der Waals surface area contributed by atoms with Crippen molar-refractivity contribution in [2.75, 3.05) is 11.4 Å². The van der Waals surface area contributed by atoms with Crippen LogP contribution in [0.4, 0.5) is 5.69 Å². The number of ketones is 1. The summed E-state index contributed by atoms with van der Waals surface area (Å²) >= 11 is 1.78. The number of thioether (sulfide) groups is 1. The molecule has 0 aromatic heterocycles. The highest BCUT2D eigenvalue weighted by molar-refractivity contribution is 8.03. The zero-order valence-corrected chi connectivity index (χ0v) is 16.2. The lowest BCUT2D eigenvalue weighted by molar-refractivity contribution is 0.103. The minimum atomic E-state index is 0.0817. The second kappa shape index (κ2) is 8.24. The molecule has 0 atom stereocenters. The number of fused-ring (bicyclic) bond motifs is 1. The van der Waals surface area contributed by atoms with Gasteiger partial charge in [0.15, 0.2) is 5.78 Å². The van der Waals surface area contributed by atoms with Crippen LogP contribution in [0.15, 0.2) is 88.3 Å². The minimum absolute atomic E-state index is 0.0817. The van der Waals surface area contributed by atoms with Crippen LogP contribution in [0.3, 0.4) is 0 Å². The fourth-order valence-electron chi connectivity index (χ4n) is 2.96. The third-order valence-corrected chi connectivity index (χ3v) is 5.53. The second-order valence-corrected chi connectivity index (χ2v) is 7.26. The minimum Gasteiger partial charge on any atom is -0.335 e. The quantitative estimate of drug-likeness (QED) is 0.362. The summed E-state index contributed by atoms with van der Waals surface area (Å²) in [6, 6.07) is 16.2. The Labute approximate surface area is 159 Å². The molecule has 1 aliphatic heterocycles. The summed E-state index contributed by atoms with van der Waals surface area (Å²) < 4.78 is 0. The van der Waals surface area contributed by atoms with E-state index in [9.17, 15) is 4.79 Å². The van der Waals surface area contributed by atoms with Crippen molar-refractivity contribution in [2.24, 2.45) is 0 Å². The van der Waals surface area contributed by atoms with Crippen LogP contribution in [0.5, 0.6) is 0 Å².